The molecular weight excluding hydrogens is 603 g/mol. The number of aryl methyl sites for hydroxylation is 1. The number of benzene rings is 2. The first-order valence-electron chi connectivity index (χ1n) is 12.8. The van der Waals surface area contributed by atoms with Gasteiger partial charge in [-0.2, -0.15) is 26.3 Å². The van der Waals surface area contributed by atoms with Crippen LogP contribution in [-0.4, -0.2) is 30.9 Å². The van der Waals surface area contributed by atoms with Gasteiger partial charge in [-0.15, -0.1) is 0 Å². The van der Waals surface area contributed by atoms with E-state index < -0.39 is 46.2 Å². The Morgan fingerprint density at radius 2 is 1.40 bits per heavy atom. The molecule has 1 N–H and O–H groups in total. The maximum absolute atomic E-state index is 13.6. The number of rotatable bonds is 5. The number of carbonyl (C=O) groups excluding carboxylic acids is 2. The molecule has 0 bridgehead atoms. The Morgan fingerprint density at radius 1 is 0.884 bits per heavy atom. The number of nitrogens with one attached hydrogen (secondary N) is 1. The summed E-state index contributed by atoms with van der Waals surface area (Å²) < 4.78 is 93.9. The quantitative estimate of drug-likeness (QED) is 0.228. The van der Waals surface area contributed by atoms with E-state index in [2.05, 4.69) is 10.3 Å². The van der Waals surface area contributed by atoms with Gasteiger partial charge in [0, 0.05) is 25.6 Å². The molecule has 1 aromatic heterocycles. The van der Waals surface area contributed by atoms with Crippen LogP contribution >= 0.6 is 11.6 Å². The number of likely N-dealkylation sites (N-methyl/N-ethyl adjacent to an activating group) is 1. The monoisotopic (exact) mass is 633 g/mol. The zero-order chi connectivity index (χ0) is 33.1. The van der Waals surface area contributed by atoms with E-state index in [9.17, 15) is 40.3 Å². The molecule has 0 aliphatic rings. The van der Waals surface area contributed by atoms with Gasteiger partial charge in [-0.25, -0.2) is 9.37 Å². The number of alkyl halides is 6. The predicted octanol–water partition coefficient (Wildman–Crippen LogP) is 8.22. The standard InChI is InChI=1S/C25H20ClF7N2O.C5H11NO/c1-13-7-17(27)5-6-18(13)19-11-21(26)34-12-20(19)35(4)22(36)23(2,3)14-8-15(24(28,29)30)10-16(9-14)25(31,32)33;1-4(2)5(7)6-3/h5-12H,1-4H3;4H,1-3H3,(H,6,7). The molecule has 0 aliphatic carbocycles. The Hall–Kier alpha value is -3.67. The Balaban J connectivity index is 0.000000821. The van der Waals surface area contributed by atoms with Crippen LogP contribution in [0.5, 0.6) is 0 Å². The average Bonchev–Trinajstić information content (AvgIpc) is 2.90. The van der Waals surface area contributed by atoms with Crippen LogP contribution in [0.1, 0.15) is 49.9 Å². The van der Waals surface area contributed by atoms with Crippen LogP contribution in [0, 0.1) is 18.7 Å². The summed E-state index contributed by atoms with van der Waals surface area (Å²) in [5, 5.41) is 2.59. The average molecular weight is 634 g/mol. The molecule has 0 aliphatic heterocycles. The fraction of sp³-hybridized carbons (Fsp3) is 0.367. The van der Waals surface area contributed by atoms with Crippen molar-refractivity contribution in [1.29, 1.82) is 0 Å². The van der Waals surface area contributed by atoms with Gasteiger partial charge in [0.25, 0.3) is 0 Å². The fourth-order valence-corrected chi connectivity index (χ4v) is 4.25. The fourth-order valence-electron chi connectivity index (χ4n) is 4.09. The SMILES string of the molecule is CNC(=O)C(C)C.Cc1cc(F)ccc1-c1cc(Cl)ncc1N(C)C(=O)C(C)(C)c1cc(C(F)(F)F)cc(C(F)(F)F)c1. The number of nitrogens with zero attached hydrogens (tertiary/aromatic N) is 2. The third-order valence-corrected chi connectivity index (χ3v) is 6.82. The van der Waals surface area contributed by atoms with Gasteiger partial charge in [-0.3, -0.25) is 9.59 Å². The van der Waals surface area contributed by atoms with Crippen LogP contribution in [0.15, 0.2) is 48.7 Å². The summed E-state index contributed by atoms with van der Waals surface area (Å²) in [6, 6.07) is 6.43. The number of anilines is 1. The van der Waals surface area contributed by atoms with Crippen LogP contribution in [0.4, 0.5) is 36.4 Å². The first kappa shape index (κ1) is 35.5. The molecule has 3 aromatic rings. The Morgan fingerprint density at radius 3 is 1.81 bits per heavy atom. The van der Waals surface area contributed by atoms with Crippen LogP contribution in [0.3, 0.4) is 0 Å². The zero-order valence-corrected chi connectivity index (χ0v) is 25.2. The van der Waals surface area contributed by atoms with Crippen LogP contribution < -0.4 is 10.2 Å². The van der Waals surface area contributed by atoms with Crippen LogP contribution in [-0.2, 0) is 27.4 Å². The molecule has 0 saturated heterocycles. The number of halogens is 8. The molecule has 0 saturated carbocycles. The van der Waals surface area contributed by atoms with Gasteiger partial charge in [0.15, 0.2) is 0 Å². The minimum atomic E-state index is -5.06. The topological polar surface area (TPSA) is 62.3 Å². The predicted molar refractivity (Wildman–Crippen MR) is 151 cm³/mol. The molecule has 0 unspecified atom stereocenters. The number of pyridine rings is 1. The van der Waals surface area contributed by atoms with E-state index in [0.717, 1.165) is 4.90 Å². The summed E-state index contributed by atoms with van der Waals surface area (Å²) in [5.41, 5.74) is -3.77. The molecule has 3 rings (SSSR count). The number of carbonyl (C=O) groups is 2. The van der Waals surface area contributed by atoms with Gasteiger partial charge in [0.2, 0.25) is 11.8 Å². The van der Waals surface area contributed by atoms with Crippen LogP contribution in [0.2, 0.25) is 5.15 Å². The highest BCUT2D eigenvalue weighted by Gasteiger charge is 2.41. The van der Waals surface area contributed by atoms with Gasteiger partial charge in [0.05, 0.1) is 28.4 Å². The molecule has 43 heavy (non-hydrogen) atoms. The molecule has 0 spiro atoms. The van der Waals surface area contributed by atoms with Crippen molar-refractivity contribution in [3.8, 4) is 11.1 Å². The summed E-state index contributed by atoms with van der Waals surface area (Å²) in [7, 11) is 2.96. The first-order chi connectivity index (χ1) is 19.6. The van der Waals surface area contributed by atoms with Crippen LogP contribution in [0.25, 0.3) is 11.1 Å². The maximum atomic E-state index is 13.6. The van der Waals surface area contributed by atoms with Gasteiger partial charge < -0.3 is 10.2 Å². The van der Waals surface area contributed by atoms with Gasteiger partial charge in [-0.05, 0) is 73.9 Å². The number of aromatic nitrogens is 1. The van der Waals surface area contributed by atoms with E-state index in [1.165, 1.54) is 51.4 Å². The van der Waals surface area contributed by atoms with E-state index in [-0.39, 0.29) is 28.7 Å². The smallest absolute Gasteiger partial charge is 0.359 e. The molecule has 1 heterocycles. The number of hydrogen-bond acceptors (Lipinski definition) is 3. The van der Waals surface area contributed by atoms with Crippen molar-refractivity contribution in [3.63, 3.8) is 0 Å². The van der Waals surface area contributed by atoms with E-state index in [1.54, 1.807) is 14.0 Å². The molecule has 2 aromatic carbocycles. The molecule has 0 atom stereocenters. The summed E-state index contributed by atoms with van der Waals surface area (Å²) in [6.07, 6.45) is -8.87. The van der Waals surface area contributed by atoms with E-state index >= 15 is 0 Å². The molecule has 2 amide bonds. The molecule has 5 nitrogen and oxygen atoms in total. The van der Waals surface area contributed by atoms with Crippen molar-refractivity contribution in [3.05, 3.63) is 81.9 Å². The lowest BCUT2D eigenvalue weighted by atomic mass is 9.81. The van der Waals surface area contributed by atoms with Crippen molar-refractivity contribution >= 4 is 29.1 Å². The summed E-state index contributed by atoms with van der Waals surface area (Å²) in [4.78, 5) is 29.0. The van der Waals surface area contributed by atoms with Crippen molar-refractivity contribution < 1.29 is 40.3 Å². The van der Waals surface area contributed by atoms with E-state index in [1.807, 2.05) is 13.8 Å². The van der Waals surface area contributed by atoms with Crippen molar-refractivity contribution in [2.75, 3.05) is 19.0 Å². The molecule has 0 fully saturated rings. The third-order valence-electron chi connectivity index (χ3n) is 6.61. The van der Waals surface area contributed by atoms with E-state index in [4.69, 9.17) is 11.6 Å². The Bertz CT molecular complexity index is 1450. The van der Waals surface area contributed by atoms with Gasteiger partial charge >= 0.3 is 12.4 Å². The van der Waals surface area contributed by atoms with Crippen molar-refractivity contribution in [1.82, 2.24) is 10.3 Å². The molecular formula is C30H31ClF7N3O2. The largest absolute Gasteiger partial charge is 0.416 e. The van der Waals surface area contributed by atoms with Gasteiger partial charge in [-0.1, -0.05) is 31.5 Å². The highest BCUT2D eigenvalue weighted by molar-refractivity contribution is 6.29. The van der Waals surface area contributed by atoms with Crippen molar-refractivity contribution in [2.45, 2.75) is 52.4 Å². The molecule has 13 heteroatoms. The summed E-state index contributed by atoms with van der Waals surface area (Å²) in [5.74, 6) is -1.08. The second-order valence-corrected chi connectivity index (χ2v) is 10.9. The van der Waals surface area contributed by atoms with Gasteiger partial charge in [0.1, 0.15) is 11.0 Å². The summed E-state index contributed by atoms with van der Waals surface area (Å²) >= 11 is 6.04. The third kappa shape index (κ3) is 8.68. The minimum absolute atomic E-state index is 0.00625. The Labute approximate surface area is 250 Å². The van der Waals surface area contributed by atoms with E-state index in [0.29, 0.717) is 28.8 Å². The lowest BCUT2D eigenvalue weighted by Crippen LogP contribution is -2.42. The van der Waals surface area contributed by atoms with Crippen molar-refractivity contribution in [2.24, 2.45) is 5.92 Å². The second-order valence-electron chi connectivity index (χ2n) is 10.5. The normalized spacial score (nSPS) is 12.0. The second kappa shape index (κ2) is 13.3. The zero-order valence-electron chi connectivity index (χ0n) is 24.4. The Kier molecular flexibility index (Phi) is 11.0. The highest BCUT2D eigenvalue weighted by atomic mass is 35.5. The lowest BCUT2D eigenvalue weighted by Gasteiger charge is -2.32. The first-order valence-corrected chi connectivity index (χ1v) is 13.2. The molecule has 0 radical (unpaired) electrons. The lowest BCUT2D eigenvalue weighted by molar-refractivity contribution is -0.143. The number of hydrogen-bond donors (Lipinski definition) is 1. The maximum Gasteiger partial charge on any atom is 0.416 e. The minimum Gasteiger partial charge on any atom is -0.359 e. The summed E-state index contributed by atoms with van der Waals surface area (Å²) in [6.45, 7) is 7.81. The number of amides is 2. The molecule has 234 valence electrons. The highest BCUT2D eigenvalue weighted by Crippen LogP contribution is 2.41.